The van der Waals surface area contributed by atoms with Gasteiger partial charge in [0, 0.05) is 21.7 Å². The molecule has 1 aliphatic rings. The highest BCUT2D eigenvalue weighted by Crippen LogP contribution is 2.35. The van der Waals surface area contributed by atoms with Gasteiger partial charge in [-0.3, -0.25) is 9.59 Å². The fourth-order valence-electron chi connectivity index (χ4n) is 3.69. The van der Waals surface area contributed by atoms with Crippen molar-refractivity contribution in [1.29, 1.82) is 0 Å². The Labute approximate surface area is 188 Å². The number of fused-ring (bicyclic) bond motifs is 1. The Morgan fingerprint density at radius 2 is 1.94 bits per heavy atom. The second-order valence-corrected chi connectivity index (χ2v) is 9.01. The van der Waals surface area contributed by atoms with Gasteiger partial charge in [0.2, 0.25) is 5.91 Å². The SMILES string of the molecule is C/C(=N\NC(=O)c1sc2cc(F)ccc2c1Cl)c1cccc(NC(=O)C2CCCC2)c1. The summed E-state index contributed by atoms with van der Waals surface area (Å²) in [6.07, 6.45) is 4.07. The Morgan fingerprint density at radius 3 is 2.71 bits per heavy atom. The number of carbonyl (C=O) groups is 2. The summed E-state index contributed by atoms with van der Waals surface area (Å²) in [5, 5.41) is 8.05. The van der Waals surface area contributed by atoms with E-state index < -0.39 is 5.91 Å². The lowest BCUT2D eigenvalue weighted by Gasteiger charge is -2.11. The first-order valence-electron chi connectivity index (χ1n) is 10.1. The van der Waals surface area contributed by atoms with E-state index in [2.05, 4.69) is 15.8 Å². The van der Waals surface area contributed by atoms with Crippen molar-refractivity contribution in [2.45, 2.75) is 32.6 Å². The minimum atomic E-state index is -0.461. The Morgan fingerprint density at radius 1 is 1.16 bits per heavy atom. The molecule has 0 unspecified atom stereocenters. The predicted octanol–water partition coefficient (Wildman–Crippen LogP) is 5.98. The summed E-state index contributed by atoms with van der Waals surface area (Å²) in [7, 11) is 0. The monoisotopic (exact) mass is 457 g/mol. The minimum absolute atomic E-state index is 0.0494. The van der Waals surface area contributed by atoms with Crippen LogP contribution in [0.2, 0.25) is 5.02 Å². The molecule has 0 atom stereocenters. The van der Waals surface area contributed by atoms with Gasteiger partial charge >= 0.3 is 0 Å². The quantitative estimate of drug-likeness (QED) is 0.365. The fraction of sp³-hybridized carbons (Fsp3) is 0.261. The van der Waals surface area contributed by atoms with E-state index in [1.165, 1.54) is 12.1 Å². The number of anilines is 1. The third-order valence-electron chi connectivity index (χ3n) is 5.40. The van der Waals surface area contributed by atoms with E-state index in [9.17, 15) is 14.0 Å². The second kappa shape index (κ2) is 9.16. The van der Waals surface area contributed by atoms with Gasteiger partial charge in [0.25, 0.3) is 5.91 Å². The molecule has 0 saturated heterocycles. The van der Waals surface area contributed by atoms with E-state index in [4.69, 9.17) is 11.6 Å². The molecule has 1 aliphatic carbocycles. The zero-order valence-electron chi connectivity index (χ0n) is 16.9. The number of thiophene rings is 1. The molecule has 1 heterocycles. The summed E-state index contributed by atoms with van der Waals surface area (Å²) in [6.45, 7) is 1.76. The second-order valence-electron chi connectivity index (χ2n) is 7.58. The molecule has 0 bridgehead atoms. The zero-order chi connectivity index (χ0) is 22.0. The molecule has 0 spiro atoms. The van der Waals surface area contributed by atoms with Crippen molar-refractivity contribution in [2.75, 3.05) is 5.32 Å². The largest absolute Gasteiger partial charge is 0.326 e. The number of hydrogen-bond donors (Lipinski definition) is 2. The Hall–Kier alpha value is -2.77. The van der Waals surface area contributed by atoms with E-state index >= 15 is 0 Å². The smallest absolute Gasteiger partial charge is 0.283 e. The van der Waals surface area contributed by atoms with Crippen molar-refractivity contribution in [1.82, 2.24) is 5.43 Å². The highest BCUT2D eigenvalue weighted by Gasteiger charge is 2.22. The van der Waals surface area contributed by atoms with Crippen LogP contribution in [-0.2, 0) is 4.79 Å². The normalized spacial score (nSPS) is 14.7. The molecule has 31 heavy (non-hydrogen) atoms. The van der Waals surface area contributed by atoms with Gasteiger partial charge in [0.1, 0.15) is 10.7 Å². The molecule has 2 aromatic carbocycles. The van der Waals surface area contributed by atoms with E-state index in [0.717, 1.165) is 42.6 Å². The van der Waals surface area contributed by atoms with Gasteiger partial charge in [-0.25, -0.2) is 9.82 Å². The molecule has 3 aromatic rings. The minimum Gasteiger partial charge on any atom is -0.326 e. The molecule has 4 rings (SSSR count). The van der Waals surface area contributed by atoms with Gasteiger partial charge in [-0.05, 0) is 55.7 Å². The third-order valence-corrected chi connectivity index (χ3v) is 7.05. The standard InChI is InChI=1S/C23H21ClFN3O2S/c1-13(15-7-4-8-17(11-15)26-22(29)14-5-2-3-6-14)27-28-23(30)21-20(24)18-10-9-16(25)12-19(18)31-21/h4,7-12,14H,2-3,5-6H2,1H3,(H,26,29)(H,28,30)/b27-13+. The molecule has 1 fully saturated rings. The molecule has 8 heteroatoms. The van der Waals surface area contributed by atoms with E-state index in [-0.39, 0.29) is 27.5 Å². The molecule has 160 valence electrons. The van der Waals surface area contributed by atoms with Crippen molar-refractivity contribution in [3.8, 4) is 0 Å². The highest BCUT2D eigenvalue weighted by molar-refractivity contribution is 7.21. The molecular weight excluding hydrogens is 437 g/mol. The Kier molecular flexibility index (Phi) is 6.34. The number of benzene rings is 2. The lowest BCUT2D eigenvalue weighted by Crippen LogP contribution is -2.20. The highest BCUT2D eigenvalue weighted by atomic mass is 35.5. The summed E-state index contributed by atoms with van der Waals surface area (Å²) < 4.78 is 14.0. The molecule has 1 aromatic heterocycles. The van der Waals surface area contributed by atoms with Gasteiger partial charge in [0.15, 0.2) is 0 Å². The van der Waals surface area contributed by atoms with Crippen LogP contribution in [0.3, 0.4) is 0 Å². The lowest BCUT2D eigenvalue weighted by molar-refractivity contribution is -0.119. The number of nitrogens with one attached hydrogen (secondary N) is 2. The van der Waals surface area contributed by atoms with Crippen LogP contribution in [0.5, 0.6) is 0 Å². The number of amides is 2. The number of nitrogens with zero attached hydrogens (tertiary/aromatic N) is 1. The molecule has 0 radical (unpaired) electrons. The lowest BCUT2D eigenvalue weighted by atomic mass is 10.1. The van der Waals surface area contributed by atoms with Crippen LogP contribution in [0.4, 0.5) is 10.1 Å². The van der Waals surface area contributed by atoms with E-state index in [1.807, 2.05) is 24.3 Å². The van der Waals surface area contributed by atoms with Crippen molar-refractivity contribution in [3.05, 3.63) is 63.7 Å². The maximum absolute atomic E-state index is 13.4. The van der Waals surface area contributed by atoms with Crippen LogP contribution >= 0.6 is 22.9 Å². The van der Waals surface area contributed by atoms with Gasteiger partial charge in [0.05, 0.1) is 10.7 Å². The number of hydrazone groups is 1. The van der Waals surface area contributed by atoms with Crippen molar-refractivity contribution in [2.24, 2.45) is 11.0 Å². The summed E-state index contributed by atoms with van der Waals surface area (Å²) in [5.74, 6) is -0.714. The van der Waals surface area contributed by atoms with Gasteiger partial charge in [-0.15, -0.1) is 11.3 Å². The molecule has 0 aliphatic heterocycles. The molecule has 2 N–H and O–H groups in total. The Balaban J connectivity index is 1.46. The first-order valence-corrected chi connectivity index (χ1v) is 11.3. The van der Waals surface area contributed by atoms with Crippen LogP contribution in [0, 0.1) is 11.7 Å². The van der Waals surface area contributed by atoms with Crippen molar-refractivity contribution in [3.63, 3.8) is 0 Å². The van der Waals surface area contributed by atoms with Crippen LogP contribution in [-0.4, -0.2) is 17.5 Å². The number of rotatable bonds is 5. The molecule has 5 nitrogen and oxygen atoms in total. The van der Waals surface area contributed by atoms with Crippen LogP contribution in [0.1, 0.15) is 47.8 Å². The van der Waals surface area contributed by atoms with Gasteiger partial charge in [-0.2, -0.15) is 5.10 Å². The van der Waals surface area contributed by atoms with Crippen LogP contribution in [0.25, 0.3) is 10.1 Å². The molecular formula is C23H21ClFN3O2S. The van der Waals surface area contributed by atoms with Crippen molar-refractivity contribution < 1.29 is 14.0 Å². The summed E-state index contributed by atoms with van der Waals surface area (Å²) in [4.78, 5) is 25.2. The summed E-state index contributed by atoms with van der Waals surface area (Å²) >= 11 is 7.41. The van der Waals surface area contributed by atoms with E-state index in [1.54, 1.807) is 13.0 Å². The van der Waals surface area contributed by atoms with Crippen LogP contribution in [0.15, 0.2) is 47.6 Å². The number of carbonyl (C=O) groups excluding carboxylic acids is 2. The maximum Gasteiger partial charge on any atom is 0.283 e. The van der Waals surface area contributed by atoms with Gasteiger partial charge < -0.3 is 5.32 Å². The average molecular weight is 458 g/mol. The Bertz CT molecular complexity index is 1180. The summed E-state index contributed by atoms with van der Waals surface area (Å²) in [6, 6.07) is 11.6. The first kappa shape index (κ1) is 21.5. The topological polar surface area (TPSA) is 70.6 Å². The maximum atomic E-state index is 13.4. The average Bonchev–Trinajstić information content (AvgIpc) is 3.40. The predicted molar refractivity (Wildman–Crippen MR) is 123 cm³/mol. The van der Waals surface area contributed by atoms with Gasteiger partial charge in [-0.1, -0.05) is 36.6 Å². The first-order chi connectivity index (χ1) is 14.9. The summed E-state index contributed by atoms with van der Waals surface area (Å²) in [5.41, 5.74) is 4.56. The number of halogens is 2. The fourth-order valence-corrected chi connectivity index (χ4v) is 5.12. The third kappa shape index (κ3) is 4.78. The zero-order valence-corrected chi connectivity index (χ0v) is 18.4. The van der Waals surface area contributed by atoms with Crippen molar-refractivity contribution >= 4 is 56.2 Å². The molecule has 1 saturated carbocycles. The van der Waals surface area contributed by atoms with Crippen LogP contribution < -0.4 is 10.7 Å². The van der Waals surface area contributed by atoms with E-state index in [0.29, 0.717) is 21.5 Å². The molecule has 2 amide bonds. The number of hydrogen-bond acceptors (Lipinski definition) is 4.